The average molecular weight is 697 g/mol. The molecule has 4 N–H and O–H groups in total. The number of carbonyl (C=O) groups excluding carboxylic acids is 3. The predicted molar refractivity (Wildman–Crippen MR) is 158 cm³/mol. The van der Waals surface area contributed by atoms with E-state index >= 15 is 0 Å². The highest BCUT2D eigenvalue weighted by Gasteiger charge is 2.40. The summed E-state index contributed by atoms with van der Waals surface area (Å²) in [5.41, 5.74) is 3.81. The highest BCUT2D eigenvalue weighted by atomic mass is 35.5. The van der Waals surface area contributed by atoms with Crippen LogP contribution < -0.4 is 16.4 Å². The molecule has 1 unspecified atom stereocenters. The van der Waals surface area contributed by atoms with Gasteiger partial charge in [0.25, 0.3) is 12.3 Å². The maximum Gasteiger partial charge on any atom is 0.435 e. The van der Waals surface area contributed by atoms with Gasteiger partial charge in [0.2, 0.25) is 0 Å². The van der Waals surface area contributed by atoms with Gasteiger partial charge in [0.15, 0.2) is 23.4 Å². The SMILES string of the molecule is NC(=O)C(=O)OC1CN(C(=O)c2ccc(Nc3nccn4c(-c5cn(CC(F)F)nc5C(F)(F)F)cnc34)cc2Cl)CCN1C1CNC1. The second-order valence-corrected chi connectivity index (χ2v) is 11.4. The number of halogens is 6. The number of ether oxygens (including phenoxy) is 1. The second-order valence-electron chi connectivity index (χ2n) is 11.0. The fourth-order valence-electron chi connectivity index (χ4n) is 5.49. The van der Waals surface area contributed by atoms with Gasteiger partial charge in [0, 0.05) is 56.5 Å². The first-order valence-electron chi connectivity index (χ1n) is 14.4. The number of nitrogens with one attached hydrogen (secondary N) is 2. The lowest BCUT2D eigenvalue weighted by Gasteiger charge is -2.47. The standard InChI is InChI=1S/C28H26ClF5N10O4/c29-18-7-14(1-2-16(18)26(46)41-5-6-43(15-8-36-9-15)21(13-41)48-27(47)23(35)45)39-24-25-38-10-19(44(25)4-3-37-24)17-11-42(12-20(30)31)40-22(17)28(32,33)34/h1-4,7,10-11,15,20-21,36H,5-6,8-9,12-13H2,(H2,35,45)(H,37,39). The number of fused-ring (bicyclic) bond motifs is 1. The van der Waals surface area contributed by atoms with Crippen molar-refractivity contribution < 1.29 is 41.1 Å². The Morgan fingerprint density at radius 3 is 2.58 bits per heavy atom. The number of rotatable bonds is 8. The monoisotopic (exact) mass is 696 g/mol. The largest absolute Gasteiger partial charge is 0.437 e. The van der Waals surface area contributed by atoms with Gasteiger partial charge in [-0.25, -0.2) is 23.5 Å². The van der Waals surface area contributed by atoms with Gasteiger partial charge < -0.3 is 26.0 Å². The third kappa shape index (κ3) is 6.60. The van der Waals surface area contributed by atoms with E-state index in [9.17, 15) is 36.3 Å². The van der Waals surface area contributed by atoms with Crippen LogP contribution >= 0.6 is 11.6 Å². The maximum absolute atomic E-state index is 13.8. The molecular formula is C28H26ClF5N10O4. The first-order chi connectivity index (χ1) is 22.8. The number of nitrogens with zero attached hydrogens (tertiary/aromatic N) is 7. The van der Waals surface area contributed by atoms with Crippen LogP contribution in [-0.4, -0.2) is 103 Å². The minimum Gasteiger partial charge on any atom is -0.437 e. The lowest BCUT2D eigenvalue weighted by atomic mass is 10.1. The number of hydrogen-bond donors (Lipinski definition) is 3. The highest BCUT2D eigenvalue weighted by Crippen LogP contribution is 2.37. The topological polar surface area (TPSA) is 165 Å². The van der Waals surface area contributed by atoms with Crippen molar-refractivity contribution in [1.29, 1.82) is 0 Å². The molecule has 2 aliphatic heterocycles. The van der Waals surface area contributed by atoms with Crippen molar-refractivity contribution in [2.45, 2.75) is 31.4 Å². The van der Waals surface area contributed by atoms with E-state index in [1.807, 2.05) is 4.90 Å². The van der Waals surface area contributed by atoms with Gasteiger partial charge in [0.05, 0.1) is 34.6 Å². The second kappa shape index (κ2) is 13.0. The molecule has 5 heterocycles. The van der Waals surface area contributed by atoms with Crippen LogP contribution in [0.25, 0.3) is 16.9 Å². The molecule has 0 aliphatic carbocycles. The zero-order valence-electron chi connectivity index (χ0n) is 24.6. The molecule has 3 aromatic heterocycles. The van der Waals surface area contributed by atoms with Crippen molar-refractivity contribution in [3.05, 3.63) is 59.3 Å². The summed E-state index contributed by atoms with van der Waals surface area (Å²) >= 11 is 6.52. The minimum atomic E-state index is -4.92. The third-order valence-electron chi connectivity index (χ3n) is 7.86. The Morgan fingerprint density at radius 2 is 1.94 bits per heavy atom. The number of esters is 1. The van der Waals surface area contributed by atoms with Crippen LogP contribution in [0.5, 0.6) is 0 Å². The summed E-state index contributed by atoms with van der Waals surface area (Å²) in [5.74, 6) is -2.80. The average Bonchev–Trinajstić information content (AvgIpc) is 3.61. The molecule has 14 nitrogen and oxygen atoms in total. The van der Waals surface area contributed by atoms with Gasteiger partial charge in [-0.3, -0.25) is 23.6 Å². The van der Waals surface area contributed by atoms with Crippen molar-refractivity contribution in [3.63, 3.8) is 0 Å². The summed E-state index contributed by atoms with van der Waals surface area (Å²) in [5, 5.41) is 9.49. The van der Waals surface area contributed by atoms with Gasteiger partial charge in [-0.2, -0.15) is 18.3 Å². The number of hydrogen-bond acceptors (Lipinski definition) is 10. The number of anilines is 2. The molecule has 1 aromatic carbocycles. The van der Waals surface area contributed by atoms with Crippen LogP contribution in [0.15, 0.2) is 43.0 Å². The van der Waals surface area contributed by atoms with Crippen molar-refractivity contribution in [2.24, 2.45) is 5.73 Å². The first kappa shape index (κ1) is 33.0. The lowest BCUT2D eigenvalue weighted by molar-refractivity contribution is -0.173. The fraction of sp³-hybridized carbons (Fsp3) is 0.357. The normalized spacial score (nSPS) is 17.5. The van der Waals surface area contributed by atoms with Crippen LogP contribution in [0.3, 0.4) is 0 Å². The van der Waals surface area contributed by atoms with Gasteiger partial charge in [-0.15, -0.1) is 0 Å². The molecule has 2 aliphatic rings. The van der Waals surface area contributed by atoms with E-state index < -0.39 is 54.4 Å². The van der Waals surface area contributed by atoms with E-state index in [-0.39, 0.29) is 40.3 Å². The van der Waals surface area contributed by atoms with Crippen molar-refractivity contribution >= 4 is 46.5 Å². The molecule has 254 valence electrons. The summed E-state index contributed by atoms with van der Waals surface area (Å²) < 4.78 is 74.2. The molecule has 0 bridgehead atoms. The van der Waals surface area contributed by atoms with Crippen LogP contribution in [0.2, 0.25) is 5.02 Å². The van der Waals surface area contributed by atoms with Crippen LogP contribution in [-0.2, 0) is 27.0 Å². The van der Waals surface area contributed by atoms with Crippen molar-refractivity contribution in [2.75, 3.05) is 38.0 Å². The summed E-state index contributed by atoms with van der Waals surface area (Å²) in [4.78, 5) is 48.6. The Bertz CT molecular complexity index is 1880. The summed E-state index contributed by atoms with van der Waals surface area (Å²) in [6, 6.07) is 4.50. The summed E-state index contributed by atoms with van der Waals surface area (Å²) in [6.07, 6.45) is -4.05. The summed E-state index contributed by atoms with van der Waals surface area (Å²) in [6.45, 7) is 0.915. The van der Waals surface area contributed by atoms with Gasteiger partial charge >= 0.3 is 18.1 Å². The van der Waals surface area contributed by atoms with Crippen molar-refractivity contribution in [3.8, 4) is 11.3 Å². The number of benzene rings is 1. The molecular weight excluding hydrogens is 671 g/mol. The molecule has 0 spiro atoms. The van der Waals surface area contributed by atoms with Crippen LogP contribution in [0.4, 0.5) is 33.5 Å². The highest BCUT2D eigenvalue weighted by molar-refractivity contribution is 6.34. The molecule has 2 fully saturated rings. The quantitative estimate of drug-likeness (QED) is 0.142. The Labute approximate surface area is 272 Å². The first-order valence-corrected chi connectivity index (χ1v) is 14.8. The molecule has 2 saturated heterocycles. The molecule has 6 rings (SSSR count). The van der Waals surface area contributed by atoms with Crippen LogP contribution in [0, 0.1) is 0 Å². The predicted octanol–water partition coefficient (Wildman–Crippen LogP) is 2.36. The number of aromatic nitrogens is 5. The molecule has 0 saturated carbocycles. The van der Waals surface area contributed by atoms with E-state index in [1.54, 1.807) is 0 Å². The molecule has 2 amide bonds. The number of primary amides is 1. The van der Waals surface area contributed by atoms with E-state index in [1.165, 1.54) is 39.9 Å². The van der Waals surface area contributed by atoms with Gasteiger partial charge in [-0.1, -0.05) is 11.6 Å². The molecule has 48 heavy (non-hydrogen) atoms. The van der Waals surface area contributed by atoms with E-state index in [0.717, 1.165) is 12.4 Å². The number of amides is 2. The zero-order valence-corrected chi connectivity index (χ0v) is 25.4. The molecule has 0 radical (unpaired) electrons. The van der Waals surface area contributed by atoms with E-state index in [4.69, 9.17) is 22.1 Å². The zero-order chi connectivity index (χ0) is 34.3. The Kier molecular flexibility index (Phi) is 8.92. The Balaban J connectivity index is 1.21. The fourth-order valence-corrected chi connectivity index (χ4v) is 5.76. The van der Waals surface area contributed by atoms with E-state index in [2.05, 4.69) is 25.7 Å². The van der Waals surface area contributed by atoms with Crippen LogP contribution in [0.1, 0.15) is 16.1 Å². The molecule has 1 atom stereocenters. The molecule has 4 aromatic rings. The number of imidazole rings is 1. The van der Waals surface area contributed by atoms with Crippen molar-refractivity contribution in [1.82, 2.24) is 39.3 Å². The maximum atomic E-state index is 13.8. The lowest BCUT2D eigenvalue weighted by Crippen LogP contribution is -2.66. The third-order valence-corrected chi connectivity index (χ3v) is 8.17. The minimum absolute atomic E-state index is 0.0318. The smallest absolute Gasteiger partial charge is 0.435 e. The number of nitrogens with two attached hydrogens (primary N) is 1. The van der Waals surface area contributed by atoms with Gasteiger partial charge in [0.1, 0.15) is 6.54 Å². The molecule has 20 heteroatoms. The number of piperazine rings is 1. The number of carbonyl (C=O) groups is 3. The van der Waals surface area contributed by atoms with E-state index in [0.29, 0.717) is 36.5 Å². The Hall–Kier alpha value is -4.88. The Morgan fingerprint density at radius 1 is 1.17 bits per heavy atom. The van der Waals surface area contributed by atoms with Gasteiger partial charge in [-0.05, 0) is 18.2 Å². The summed E-state index contributed by atoms with van der Waals surface area (Å²) in [7, 11) is 0. The number of alkyl halides is 5.